The van der Waals surface area contributed by atoms with Gasteiger partial charge in [0.2, 0.25) is 6.79 Å². The normalized spacial score (nSPS) is 15.1. The molecular weight excluding hydrogens is 408 g/mol. The number of carbonyl (C=O) groups is 2. The summed E-state index contributed by atoms with van der Waals surface area (Å²) in [5.74, 6) is 0.690. The zero-order chi connectivity index (χ0) is 22.2. The number of rotatable bonds is 4. The van der Waals surface area contributed by atoms with E-state index in [1.165, 1.54) is 4.90 Å². The molecule has 2 heterocycles. The van der Waals surface area contributed by atoms with Crippen LogP contribution in [0.5, 0.6) is 11.5 Å². The third-order valence-electron chi connectivity index (χ3n) is 5.71. The Labute approximate surface area is 185 Å². The van der Waals surface area contributed by atoms with E-state index in [1.54, 1.807) is 14.1 Å². The summed E-state index contributed by atoms with van der Waals surface area (Å²) in [7, 11) is 3.26. The smallest absolute Gasteiger partial charge is 0.339 e. The van der Waals surface area contributed by atoms with Crippen molar-refractivity contribution in [2.24, 2.45) is 0 Å². The highest BCUT2D eigenvalue weighted by molar-refractivity contribution is 6.07. The Bertz CT molecular complexity index is 1280. The number of fused-ring (bicyclic) bond motifs is 3. The second-order valence-electron chi connectivity index (χ2n) is 7.98. The van der Waals surface area contributed by atoms with E-state index in [4.69, 9.17) is 19.2 Å². The fourth-order valence-corrected chi connectivity index (χ4v) is 4.04. The third kappa shape index (κ3) is 3.56. The Balaban J connectivity index is 1.55. The molecule has 0 unspecified atom stereocenters. The van der Waals surface area contributed by atoms with Gasteiger partial charge in [0.15, 0.2) is 18.1 Å². The van der Waals surface area contributed by atoms with Crippen molar-refractivity contribution in [2.45, 2.75) is 12.8 Å². The van der Waals surface area contributed by atoms with Crippen LogP contribution in [-0.4, -0.2) is 49.3 Å². The van der Waals surface area contributed by atoms with Crippen molar-refractivity contribution in [1.29, 1.82) is 0 Å². The molecule has 0 bridgehead atoms. The average molecular weight is 430 g/mol. The van der Waals surface area contributed by atoms with Crippen LogP contribution in [-0.2, 0) is 16.0 Å². The molecule has 0 saturated heterocycles. The van der Waals surface area contributed by atoms with Crippen LogP contribution in [0.3, 0.4) is 0 Å². The van der Waals surface area contributed by atoms with Crippen molar-refractivity contribution in [3.8, 4) is 11.5 Å². The van der Waals surface area contributed by atoms with Gasteiger partial charge in [-0.05, 0) is 53.8 Å². The molecular formula is C25H22N2O5. The number of benzene rings is 2. The van der Waals surface area contributed by atoms with Gasteiger partial charge in [-0.3, -0.25) is 4.79 Å². The van der Waals surface area contributed by atoms with Crippen LogP contribution < -0.4 is 9.47 Å². The van der Waals surface area contributed by atoms with Crippen molar-refractivity contribution in [3.63, 3.8) is 0 Å². The number of hydrogen-bond donors (Lipinski definition) is 0. The molecule has 32 heavy (non-hydrogen) atoms. The van der Waals surface area contributed by atoms with Crippen molar-refractivity contribution in [2.75, 3.05) is 27.5 Å². The lowest BCUT2D eigenvalue weighted by molar-refractivity contribution is -0.131. The van der Waals surface area contributed by atoms with Crippen LogP contribution in [0.4, 0.5) is 0 Å². The molecule has 162 valence electrons. The van der Waals surface area contributed by atoms with E-state index in [-0.39, 0.29) is 19.3 Å². The molecule has 0 fully saturated rings. The third-order valence-corrected chi connectivity index (χ3v) is 5.71. The maximum absolute atomic E-state index is 13.1. The maximum Gasteiger partial charge on any atom is 0.339 e. The van der Waals surface area contributed by atoms with E-state index in [0.717, 1.165) is 51.2 Å². The zero-order valence-electron chi connectivity index (χ0n) is 17.9. The van der Waals surface area contributed by atoms with Crippen molar-refractivity contribution in [3.05, 3.63) is 64.8 Å². The van der Waals surface area contributed by atoms with E-state index < -0.39 is 5.97 Å². The van der Waals surface area contributed by atoms with E-state index in [1.807, 2.05) is 42.5 Å². The Morgan fingerprint density at radius 3 is 2.75 bits per heavy atom. The number of aromatic nitrogens is 1. The molecule has 7 nitrogen and oxygen atoms in total. The van der Waals surface area contributed by atoms with Crippen LogP contribution in [0.1, 0.15) is 33.6 Å². The van der Waals surface area contributed by atoms with Gasteiger partial charge >= 0.3 is 5.97 Å². The van der Waals surface area contributed by atoms with Gasteiger partial charge in [-0.15, -0.1) is 0 Å². The molecule has 5 rings (SSSR count). The summed E-state index contributed by atoms with van der Waals surface area (Å²) < 4.78 is 16.3. The SMILES string of the molecule is CN(C)C(=O)COC(=O)c1c2c(nc3ccccc13)/C(=C/c1ccc3c(c1)OCO3)CC2. The summed E-state index contributed by atoms with van der Waals surface area (Å²) >= 11 is 0. The first kappa shape index (κ1) is 20.1. The molecule has 1 aliphatic carbocycles. The van der Waals surface area contributed by atoms with Gasteiger partial charge in [-0.1, -0.05) is 24.3 Å². The van der Waals surface area contributed by atoms with E-state index in [9.17, 15) is 9.59 Å². The number of allylic oxidation sites excluding steroid dienone is 1. The summed E-state index contributed by atoms with van der Waals surface area (Å²) in [4.78, 5) is 31.3. The fourth-order valence-electron chi connectivity index (χ4n) is 4.04. The highest BCUT2D eigenvalue weighted by Gasteiger charge is 2.28. The summed E-state index contributed by atoms with van der Waals surface area (Å²) in [6.45, 7) is -0.0648. The van der Waals surface area contributed by atoms with Crippen LogP contribution in [0.15, 0.2) is 42.5 Å². The Kier molecular flexibility index (Phi) is 5.01. The largest absolute Gasteiger partial charge is 0.454 e. The van der Waals surface area contributed by atoms with Gasteiger partial charge in [-0.25, -0.2) is 9.78 Å². The molecule has 2 aromatic carbocycles. The molecule has 0 saturated carbocycles. The number of nitrogens with zero attached hydrogens (tertiary/aromatic N) is 2. The molecule has 3 aromatic rings. The van der Waals surface area contributed by atoms with Crippen molar-refractivity contribution >= 4 is 34.4 Å². The second kappa shape index (κ2) is 8.00. The minimum Gasteiger partial charge on any atom is -0.454 e. The summed E-state index contributed by atoms with van der Waals surface area (Å²) in [6.07, 6.45) is 3.50. The summed E-state index contributed by atoms with van der Waals surface area (Å²) in [5, 5.41) is 0.734. The molecule has 2 aliphatic rings. The molecule has 1 amide bonds. The first-order valence-corrected chi connectivity index (χ1v) is 10.4. The number of para-hydroxylation sites is 1. The predicted octanol–water partition coefficient (Wildman–Crippen LogP) is 3.70. The Morgan fingerprint density at radius 1 is 1.09 bits per heavy atom. The highest BCUT2D eigenvalue weighted by atomic mass is 16.7. The van der Waals surface area contributed by atoms with E-state index in [2.05, 4.69) is 6.08 Å². The molecule has 7 heteroatoms. The number of hydrogen-bond acceptors (Lipinski definition) is 6. The number of esters is 1. The number of carbonyl (C=O) groups excluding carboxylic acids is 2. The van der Waals surface area contributed by atoms with Crippen LogP contribution in [0.2, 0.25) is 0 Å². The average Bonchev–Trinajstić information content (AvgIpc) is 3.42. The monoisotopic (exact) mass is 430 g/mol. The molecule has 0 radical (unpaired) electrons. The Morgan fingerprint density at radius 2 is 1.91 bits per heavy atom. The lowest BCUT2D eigenvalue weighted by atomic mass is 10.0. The van der Waals surface area contributed by atoms with Crippen LogP contribution in [0, 0.1) is 0 Å². The molecule has 0 N–H and O–H groups in total. The standard InChI is InChI=1S/C25H22N2O5/c1-27(2)22(28)13-30-25(29)23-17-5-3-4-6-19(17)26-24-16(8-9-18(23)24)11-15-7-10-20-21(12-15)32-14-31-20/h3-7,10-12H,8-9,13-14H2,1-2H3/b16-11+. The van der Waals surface area contributed by atoms with Gasteiger partial charge in [0.05, 0.1) is 16.8 Å². The van der Waals surface area contributed by atoms with Gasteiger partial charge < -0.3 is 19.1 Å². The van der Waals surface area contributed by atoms with Gasteiger partial charge in [0.1, 0.15) is 0 Å². The highest BCUT2D eigenvalue weighted by Crippen LogP contribution is 2.39. The van der Waals surface area contributed by atoms with Crippen molar-refractivity contribution in [1.82, 2.24) is 9.88 Å². The second-order valence-corrected chi connectivity index (χ2v) is 7.98. The Hall–Kier alpha value is -3.87. The van der Waals surface area contributed by atoms with E-state index >= 15 is 0 Å². The number of likely N-dealkylation sites (N-methyl/N-ethyl adjacent to an activating group) is 1. The van der Waals surface area contributed by atoms with Gasteiger partial charge in [0, 0.05) is 19.5 Å². The predicted molar refractivity (Wildman–Crippen MR) is 119 cm³/mol. The molecule has 1 aromatic heterocycles. The van der Waals surface area contributed by atoms with Crippen molar-refractivity contribution < 1.29 is 23.8 Å². The lowest BCUT2D eigenvalue weighted by Crippen LogP contribution is -2.27. The molecule has 0 atom stereocenters. The lowest BCUT2D eigenvalue weighted by Gasteiger charge is -2.14. The topological polar surface area (TPSA) is 78.0 Å². The van der Waals surface area contributed by atoms with Gasteiger partial charge in [0.25, 0.3) is 5.91 Å². The molecule has 1 aliphatic heterocycles. The first-order chi connectivity index (χ1) is 15.5. The van der Waals surface area contributed by atoms with Crippen LogP contribution >= 0.6 is 0 Å². The van der Waals surface area contributed by atoms with E-state index in [0.29, 0.717) is 12.0 Å². The van der Waals surface area contributed by atoms with Gasteiger partial charge in [-0.2, -0.15) is 0 Å². The molecule has 0 spiro atoms. The number of ether oxygens (including phenoxy) is 3. The summed E-state index contributed by atoms with van der Waals surface area (Å²) in [5.41, 5.74) is 4.89. The zero-order valence-corrected chi connectivity index (χ0v) is 17.9. The maximum atomic E-state index is 13.1. The minimum atomic E-state index is -0.501. The minimum absolute atomic E-state index is 0.230. The quantitative estimate of drug-likeness (QED) is 0.588. The first-order valence-electron chi connectivity index (χ1n) is 10.4. The van der Waals surface area contributed by atoms with Crippen LogP contribution in [0.25, 0.3) is 22.6 Å². The fraction of sp³-hybridized carbons (Fsp3) is 0.240. The number of amides is 1. The summed E-state index contributed by atoms with van der Waals surface area (Å²) in [6, 6.07) is 13.3. The number of pyridine rings is 1.